The molecule has 6 nitrogen and oxygen atoms in total. The molecule has 0 saturated carbocycles. The predicted octanol–water partition coefficient (Wildman–Crippen LogP) is 4.11. The molecule has 2 aromatic carbocycles. The summed E-state index contributed by atoms with van der Waals surface area (Å²) in [6.45, 7) is 1.02. The van der Waals surface area contributed by atoms with Crippen LogP contribution in [0.1, 0.15) is 30.1 Å². The molecular formula is C25H27N3O3S. The maximum atomic E-state index is 13.9. The molecule has 166 valence electrons. The third-order valence-corrected chi connectivity index (χ3v) is 9.18. The first kappa shape index (κ1) is 19.9. The van der Waals surface area contributed by atoms with E-state index in [4.69, 9.17) is 4.74 Å². The standard InChI is InChI=1S/C25H27N3O3S/c1-27-14-23(17-6-4-5-7-20(17)27)32(29,30)16-11-18-24-19-9-8-15(13-26-19)10-21(24)28(2)25(18)22(12-16)31-3/h4-7,11-12,14-15,19,26H,8-10,13H2,1-3H3. The molecule has 2 aliphatic heterocycles. The van der Waals surface area contributed by atoms with Crippen LogP contribution in [0.4, 0.5) is 0 Å². The second kappa shape index (κ2) is 6.86. The van der Waals surface area contributed by atoms with Crippen LogP contribution in [0.2, 0.25) is 0 Å². The van der Waals surface area contributed by atoms with E-state index in [0.717, 1.165) is 41.2 Å². The Labute approximate surface area is 187 Å². The summed E-state index contributed by atoms with van der Waals surface area (Å²) >= 11 is 0. The normalized spacial score (nSPS) is 20.6. The van der Waals surface area contributed by atoms with Gasteiger partial charge in [0.1, 0.15) is 5.75 Å². The third kappa shape index (κ3) is 2.64. The van der Waals surface area contributed by atoms with Crippen molar-refractivity contribution in [3.8, 4) is 5.75 Å². The lowest BCUT2D eigenvalue weighted by molar-refractivity contribution is 0.332. The van der Waals surface area contributed by atoms with Gasteiger partial charge in [0.25, 0.3) is 0 Å². The topological polar surface area (TPSA) is 65.3 Å². The van der Waals surface area contributed by atoms with E-state index < -0.39 is 9.84 Å². The summed E-state index contributed by atoms with van der Waals surface area (Å²) in [6.07, 6.45) is 5.02. The Bertz CT molecular complexity index is 1490. The van der Waals surface area contributed by atoms with Gasteiger partial charge in [-0.25, -0.2) is 8.42 Å². The number of para-hydroxylation sites is 1. The van der Waals surface area contributed by atoms with Gasteiger partial charge in [-0.3, -0.25) is 0 Å². The predicted molar refractivity (Wildman–Crippen MR) is 125 cm³/mol. The minimum Gasteiger partial charge on any atom is -0.495 e. The van der Waals surface area contributed by atoms with Crippen LogP contribution in [-0.4, -0.2) is 31.2 Å². The molecule has 32 heavy (non-hydrogen) atoms. The molecule has 1 N–H and O–H groups in total. The van der Waals surface area contributed by atoms with Gasteiger partial charge in [0.2, 0.25) is 9.84 Å². The molecule has 2 unspecified atom stereocenters. The van der Waals surface area contributed by atoms with Crippen molar-refractivity contribution in [3.63, 3.8) is 0 Å². The summed E-state index contributed by atoms with van der Waals surface area (Å²) in [5.41, 5.74) is 4.42. The van der Waals surface area contributed by atoms with E-state index in [1.54, 1.807) is 19.4 Å². The number of sulfone groups is 1. The molecule has 3 aliphatic rings. The summed E-state index contributed by atoms with van der Waals surface area (Å²) in [6, 6.07) is 11.4. The van der Waals surface area contributed by atoms with Crippen LogP contribution in [-0.2, 0) is 30.4 Å². The lowest BCUT2D eigenvalue weighted by atomic mass is 9.94. The lowest BCUT2D eigenvalue weighted by Crippen LogP contribution is -2.30. The zero-order valence-corrected chi connectivity index (χ0v) is 19.4. The van der Waals surface area contributed by atoms with Gasteiger partial charge in [-0.15, -0.1) is 0 Å². The van der Waals surface area contributed by atoms with E-state index in [9.17, 15) is 8.42 Å². The molecule has 7 rings (SSSR count). The molecule has 1 saturated heterocycles. The molecule has 1 aliphatic carbocycles. The van der Waals surface area contributed by atoms with E-state index in [1.807, 2.05) is 41.9 Å². The van der Waals surface area contributed by atoms with E-state index in [0.29, 0.717) is 16.6 Å². The Morgan fingerprint density at radius 1 is 1.09 bits per heavy atom. The number of benzene rings is 2. The average molecular weight is 450 g/mol. The summed E-state index contributed by atoms with van der Waals surface area (Å²) < 4.78 is 37.6. The highest BCUT2D eigenvalue weighted by Gasteiger charge is 2.35. The monoisotopic (exact) mass is 449 g/mol. The fourth-order valence-electron chi connectivity index (χ4n) is 5.81. The first-order chi connectivity index (χ1) is 15.4. The minimum atomic E-state index is -3.74. The van der Waals surface area contributed by atoms with Gasteiger partial charge in [0, 0.05) is 54.4 Å². The lowest BCUT2D eigenvalue weighted by Gasteiger charge is -2.25. The zero-order valence-electron chi connectivity index (χ0n) is 18.6. The first-order valence-electron chi connectivity index (χ1n) is 11.1. The zero-order chi connectivity index (χ0) is 22.2. The Morgan fingerprint density at radius 3 is 2.66 bits per heavy atom. The molecule has 0 amide bonds. The van der Waals surface area contributed by atoms with Crippen molar-refractivity contribution in [1.82, 2.24) is 14.5 Å². The van der Waals surface area contributed by atoms with Crippen molar-refractivity contribution in [1.29, 1.82) is 0 Å². The SMILES string of the molecule is COc1cc(S(=O)(=O)c2cn(C)c3ccccc23)cc2c3c(n(C)c12)CC1CCC3NC1. The Morgan fingerprint density at radius 2 is 1.91 bits per heavy atom. The maximum Gasteiger partial charge on any atom is 0.208 e. The first-order valence-corrected chi connectivity index (χ1v) is 12.6. The van der Waals surface area contributed by atoms with E-state index in [1.165, 1.54) is 17.7 Å². The highest BCUT2D eigenvalue weighted by atomic mass is 32.2. The van der Waals surface area contributed by atoms with Gasteiger partial charge in [-0.05, 0) is 49.4 Å². The molecule has 7 heteroatoms. The quantitative estimate of drug-likeness (QED) is 0.511. The number of hydrogen-bond acceptors (Lipinski definition) is 4. The van der Waals surface area contributed by atoms with Crippen molar-refractivity contribution in [2.24, 2.45) is 20.0 Å². The van der Waals surface area contributed by atoms with Crippen molar-refractivity contribution >= 4 is 31.6 Å². The number of nitrogens with one attached hydrogen (secondary N) is 1. The summed E-state index contributed by atoms with van der Waals surface area (Å²) in [5, 5.41) is 5.41. The number of hydrogen-bond donors (Lipinski definition) is 1. The molecule has 1 fully saturated rings. The fraction of sp³-hybridized carbons (Fsp3) is 0.360. The molecule has 2 atom stereocenters. The Balaban J connectivity index is 1.63. The number of fused-ring (bicyclic) bond motifs is 4. The Hall–Kier alpha value is -2.77. The van der Waals surface area contributed by atoms with Crippen molar-refractivity contribution in [2.75, 3.05) is 13.7 Å². The average Bonchev–Trinajstić information content (AvgIpc) is 3.13. The van der Waals surface area contributed by atoms with Gasteiger partial charge in [-0.1, -0.05) is 18.2 Å². The second-order valence-corrected chi connectivity index (χ2v) is 11.1. The number of aromatic nitrogens is 2. The largest absolute Gasteiger partial charge is 0.495 e. The summed E-state index contributed by atoms with van der Waals surface area (Å²) in [5.74, 6) is 1.23. The van der Waals surface area contributed by atoms with Gasteiger partial charge < -0.3 is 19.2 Å². The van der Waals surface area contributed by atoms with Crippen LogP contribution in [0, 0.1) is 5.92 Å². The highest BCUT2D eigenvalue weighted by Crippen LogP contribution is 2.44. The minimum absolute atomic E-state index is 0.257. The number of methoxy groups -OCH3 is 1. The van der Waals surface area contributed by atoms with Crippen molar-refractivity contribution < 1.29 is 13.2 Å². The van der Waals surface area contributed by atoms with Crippen LogP contribution in [0.5, 0.6) is 5.75 Å². The van der Waals surface area contributed by atoms with Gasteiger partial charge in [0.15, 0.2) is 0 Å². The van der Waals surface area contributed by atoms with E-state index in [-0.39, 0.29) is 10.9 Å². The summed E-state index contributed by atoms with van der Waals surface area (Å²) in [4.78, 5) is 0.614. The van der Waals surface area contributed by atoms with Crippen LogP contribution in [0.25, 0.3) is 21.8 Å². The number of piperidine rings is 1. The van der Waals surface area contributed by atoms with Gasteiger partial charge in [-0.2, -0.15) is 0 Å². The summed E-state index contributed by atoms with van der Waals surface area (Å²) in [7, 11) is 1.83. The molecule has 0 radical (unpaired) electrons. The van der Waals surface area contributed by atoms with Crippen LogP contribution < -0.4 is 10.1 Å². The van der Waals surface area contributed by atoms with Crippen molar-refractivity contribution in [3.05, 3.63) is 53.9 Å². The van der Waals surface area contributed by atoms with Crippen LogP contribution in [0.3, 0.4) is 0 Å². The molecular weight excluding hydrogens is 422 g/mol. The second-order valence-electron chi connectivity index (χ2n) is 9.17. The molecule has 2 bridgehead atoms. The highest BCUT2D eigenvalue weighted by molar-refractivity contribution is 7.91. The molecule has 2 aromatic heterocycles. The van der Waals surface area contributed by atoms with Crippen LogP contribution in [0.15, 0.2) is 52.4 Å². The van der Waals surface area contributed by atoms with E-state index in [2.05, 4.69) is 16.9 Å². The van der Waals surface area contributed by atoms with Crippen LogP contribution >= 0.6 is 0 Å². The molecule has 4 heterocycles. The number of ether oxygens (including phenoxy) is 1. The third-order valence-electron chi connectivity index (χ3n) is 7.42. The molecule has 4 aromatic rings. The number of rotatable bonds is 3. The number of aryl methyl sites for hydroxylation is 2. The van der Waals surface area contributed by atoms with Gasteiger partial charge in [0.05, 0.1) is 22.4 Å². The van der Waals surface area contributed by atoms with Gasteiger partial charge >= 0.3 is 0 Å². The smallest absolute Gasteiger partial charge is 0.208 e. The van der Waals surface area contributed by atoms with E-state index >= 15 is 0 Å². The van der Waals surface area contributed by atoms with Crippen molar-refractivity contribution in [2.45, 2.75) is 35.1 Å². The Kier molecular flexibility index (Phi) is 4.26. The number of nitrogens with zero attached hydrogens (tertiary/aromatic N) is 2. The molecule has 0 spiro atoms. The maximum absolute atomic E-state index is 13.9. The fourth-order valence-corrected chi connectivity index (χ4v) is 7.35.